The molecule has 0 bridgehead atoms. The lowest BCUT2D eigenvalue weighted by Gasteiger charge is -2.26. The highest BCUT2D eigenvalue weighted by Gasteiger charge is 2.35. The number of aromatic nitrogens is 1. The average molecular weight is 373 g/mol. The quantitative estimate of drug-likeness (QED) is 0.729. The van der Waals surface area contributed by atoms with Crippen LogP contribution in [0.3, 0.4) is 0 Å². The molecular weight excluding hydrogens is 348 g/mol. The number of amides is 1. The zero-order chi connectivity index (χ0) is 18.3. The Morgan fingerprint density at radius 3 is 2.69 bits per heavy atom. The summed E-state index contributed by atoms with van der Waals surface area (Å²) < 4.78 is 5.76. The second-order valence-corrected chi connectivity index (χ2v) is 8.05. The van der Waals surface area contributed by atoms with Gasteiger partial charge in [-0.25, -0.2) is 4.98 Å². The van der Waals surface area contributed by atoms with Gasteiger partial charge in [-0.3, -0.25) is 4.79 Å². The number of carbonyl (C=O) groups is 1. The van der Waals surface area contributed by atoms with Gasteiger partial charge >= 0.3 is 0 Å². The second kappa shape index (κ2) is 7.16. The molecule has 1 aromatic heterocycles. The molecule has 2 aromatic rings. The van der Waals surface area contributed by atoms with Gasteiger partial charge in [0.05, 0.1) is 11.6 Å². The van der Waals surface area contributed by atoms with Crippen LogP contribution in [0.5, 0.6) is 0 Å². The molecule has 138 valence electrons. The number of benzene rings is 1. The zero-order valence-electron chi connectivity index (χ0n) is 15.4. The van der Waals surface area contributed by atoms with E-state index < -0.39 is 0 Å². The van der Waals surface area contributed by atoms with Crippen LogP contribution in [0.4, 0.5) is 0 Å². The molecule has 1 aliphatic carbocycles. The van der Waals surface area contributed by atoms with E-state index in [2.05, 4.69) is 37.0 Å². The number of rotatable bonds is 5. The first-order valence-electron chi connectivity index (χ1n) is 9.48. The molecule has 0 unspecified atom stereocenters. The van der Waals surface area contributed by atoms with Crippen molar-refractivity contribution in [3.8, 4) is 0 Å². The third kappa shape index (κ3) is 3.72. The van der Waals surface area contributed by atoms with Crippen molar-refractivity contribution in [1.29, 1.82) is 0 Å². The number of hydrogen-bond donors (Lipinski definition) is 0. The molecule has 5 heteroatoms. The topological polar surface area (TPSA) is 42.4 Å². The summed E-state index contributed by atoms with van der Waals surface area (Å²) in [6, 6.07) is 6.30. The minimum absolute atomic E-state index is 0.148. The van der Waals surface area contributed by atoms with E-state index in [4.69, 9.17) is 16.3 Å². The van der Waals surface area contributed by atoms with E-state index >= 15 is 0 Å². The number of hydrogen-bond acceptors (Lipinski definition) is 3. The van der Waals surface area contributed by atoms with Crippen molar-refractivity contribution in [2.45, 2.75) is 52.2 Å². The molecule has 4 nitrogen and oxygen atoms in total. The van der Waals surface area contributed by atoms with Gasteiger partial charge in [0.15, 0.2) is 0 Å². The predicted octanol–water partition coefficient (Wildman–Crippen LogP) is 4.42. The molecule has 1 aliphatic heterocycles. The van der Waals surface area contributed by atoms with Crippen molar-refractivity contribution < 1.29 is 9.53 Å². The van der Waals surface area contributed by atoms with Crippen LogP contribution in [0.1, 0.15) is 42.4 Å². The van der Waals surface area contributed by atoms with Gasteiger partial charge in [0.1, 0.15) is 5.15 Å². The van der Waals surface area contributed by atoms with Gasteiger partial charge in [-0.15, -0.1) is 0 Å². The smallest absolute Gasteiger partial charge is 0.226 e. The Kier molecular flexibility index (Phi) is 4.89. The summed E-state index contributed by atoms with van der Waals surface area (Å²) in [6.07, 6.45) is 4.25. The lowest BCUT2D eigenvalue weighted by atomic mass is 10.0. The van der Waals surface area contributed by atoms with Crippen molar-refractivity contribution >= 4 is 28.4 Å². The van der Waals surface area contributed by atoms with E-state index in [1.54, 1.807) is 0 Å². The summed E-state index contributed by atoms with van der Waals surface area (Å²) in [5, 5.41) is 1.56. The standard InChI is InChI=1S/C21H25ClN2O2/c1-13-8-16-10-17(20(22)23-19(16)9-14(13)2)11-24(21(25)15-5-6-15)12-18-4-3-7-26-18/h8-10,15,18H,3-7,11-12H2,1-2H3/t18-/m0/s1. The molecule has 1 saturated carbocycles. The maximum absolute atomic E-state index is 12.8. The largest absolute Gasteiger partial charge is 0.376 e. The number of halogens is 1. The van der Waals surface area contributed by atoms with Gasteiger partial charge in [-0.1, -0.05) is 11.6 Å². The van der Waals surface area contributed by atoms with E-state index in [1.807, 2.05) is 4.90 Å². The van der Waals surface area contributed by atoms with E-state index in [0.717, 1.165) is 48.8 Å². The van der Waals surface area contributed by atoms with Crippen LogP contribution in [0.15, 0.2) is 18.2 Å². The molecule has 1 saturated heterocycles. The SMILES string of the molecule is Cc1cc2cc(CN(C[C@@H]3CCCO3)C(=O)C3CC3)c(Cl)nc2cc1C. The predicted molar refractivity (Wildman–Crippen MR) is 103 cm³/mol. The summed E-state index contributed by atoms with van der Waals surface area (Å²) in [5.74, 6) is 0.422. The Bertz CT molecular complexity index is 842. The molecule has 1 amide bonds. The van der Waals surface area contributed by atoms with Crippen molar-refractivity contribution in [1.82, 2.24) is 9.88 Å². The maximum Gasteiger partial charge on any atom is 0.226 e. The highest BCUT2D eigenvalue weighted by atomic mass is 35.5. The van der Waals surface area contributed by atoms with Crippen LogP contribution in [-0.2, 0) is 16.1 Å². The van der Waals surface area contributed by atoms with Crippen LogP contribution in [0.2, 0.25) is 5.15 Å². The lowest BCUT2D eigenvalue weighted by molar-refractivity contribution is -0.134. The minimum atomic E-state index is 0.148. The fourth-order valence-electron chi connectivity index (χ4n) is 3.63. The first kappa shape index (κ1) is 17.7. The van der Waals surface area contributed by atoms with Gasteiger partial charge in [-0.2, -0.15) is 0 Å². The van der Waals surface area contributed by atoms with Crippen LogP contribution < -0.4 is 0 Å². The summed E-state index contributed by atoms with van der Waals surface area (Å²) >= 11 is 6.48. The van der Waals surface area contributed by atoms with Crippen LogP contribution in [0.25, 0.3) is 10.9 Å². The first-order chi connectivity index (χ1) is 12.5. The summed E-state index contributed by atoms with van der Waals surface area (Å²) in [6.45, 7) is 6.13. The van der Waals surface area contributed by atoms with Crippen molar-refractivity contribution in [2.75, 3.05) is 13.2 Å². The number of carbonyl (C=O) groups excluding carboxylic acids is 1. The zero-order valence-corrected chi connectivity index (χ0v) is 16.2. The molecule has 0 N–H and O–H groups in total. The first-order valence-corrected chi connectivity index (χ1v) is 9.86. The molecule has 2 aliphatic rings. The van der Waals surface area contributed by atoms with Crippen LogP contribution in [0, 0.1) is 19.8 Å². The third-order valence-electron chi connectivity index (χ3n) is 5.50. The summed E-state index contributed by atoms with van der Waals surface area (Å²) in [4.78, 5) is 19.3. The molecule has 1 atom stereocenters. The Hall–Kier alpha value is -1.65. The Labute approximate surface area is 159 Å². The average Bonchev–Trinajstić information content (AvgIpc) is 3.33. The minimum Gasteiger partial charge on any atom is -0.376 e. The van der Waals surface area contributed by atoms with Crippen LogP contribution in [-0.4, -0.2) is 35.0 Å². The van der Waals surface area contributed by atoms with E-state index in [1.165, 1.54) is 11.1 Å². The van der Waals surface area contributed by atoms with Gasteiger partial charge in [0.25, 0.3) is 0 Å². The van der Waals surface area contributed by atoms with Gasteiger partial charge < -0.3 is 9.64 Å². The number of pyridine rings is 1. The lowest BCUT2D eigenvalue weighted by Crippen LogP contribution is -2.38. The third-order valence-corrected chi connectivity index (χ3v) is 5.83. The molecule has 4 rings (SSSR count). The fraction of sp³-hybridized carbons (Fsp3) is 0.524. The number of aryl methyl sites for hydroxylation is 2. The fourth-order valence-corrected chi connectivity index (χ4v) is 3.84. The number of nitrogens with zero attached hydrogens (tertiary/aromatic N) is 2. The Balaban J connectivity index is 1.62. The van der Waals surface area contributed by atoms with Crippen molar-refractivity contribution in [2.24, 2.45) is 5.92 Å². The number of fused-ring (bicyclic) bond motifs is 1. The van der Waals surface area contributed by atoms with Gasteiger partial charge in [-0.05, 0) is 68.9 Å². The maximum atomic E-state index is 12.8. The van der Waals surface area contributed by atoms with Crippen LogP contribution >= 0.6 is 11.6 Å². The van der Waals surface area contributed by atoms with E-state index in [0.29, 0.717) is 18.2 Å². The normalized spacial score (nSPS) is 19.9. The molecule has 1 aromatic carbocycles. The monoisotopic (exact) mass is 372 g/mol. The van der Waals surface area contributed by atoms with E-state index in [-0.39, 0.29) is 17.9 Å². The summed E-state index contributed by atoms with van der Waals surface area (Å²) in [7, 11) is 0. The van der Waals surface area contributed by atoms with Crippen molar-refractivity contribution in [3.63, 3.8) is 0 Å². The second-order valence-electron chi connectivity index (χ2n) is 7.70. The Morgan fingerprint density at radius 1 is 1.23 bits per heavy atom. The molecule has 2 fully saturated rings. The molecule has 2 heterocycles. The Morgan fingerprint density at radius 2 is 2.00 bits per heavy atom. The molecule has 26 heavy (non-hydrogen) atoms. The van der Waals surface area contributed by atoms with Crippen molar-refractivity contribution in [3.05, 3.63) is 40.0 Å². The van der Waals surface area contributed by atoms with E-state index in [9.17, 15) is 4.79 Å². The highest BCUT2D eigenvalue weighted by molar-refractivity contribution is 6.30. The summed E-state index contributed by atoms with van der Waals surface area (Å²) in [5.41, 5.74) is 4.26. The number of ether oxygens (including phenoxy) is 1. The molecule has 0 spiro atoms. The molecule has 0 radical (unpaired) electrons. The molecular formula is C21H25ClN2O2. The van der Waals surface area contributed by atoms with Gasteiger partial charge in [0.2, 0.25) is 5.91 Å². The van der Waals surface area contributed by atoms with Gasteiger partial charge in [0, 0.05) is 36.6 Å². The highest BCUT2D eigenvalue weighted by Crippen LogP contribution is 2.33.